The van der Waals surface area contributed by atoms with Gasteiger partial charge in [-0.2, -0.15) is 0 Å². The molecule has 1 rings (SSSR count). The molecule has 6 heteroatoms. The van der Waals surface area contributed by atoms with Gasteiger partial charge in [0, 0.05) is 26.5 Å². The van der Waals surface area contributed by atoms with E-state index in [9.17, 15) is 0 Å². The van der Waals surface area contributed by atoms with Crippen LogP contribution in [-0.4, -0.2) is 38.7 Å². The van der Waals surface area contributed by atoms with E-state index in [1.807, 2.05) is 43.4 Å². The zero-order valence-electron chi connectivity index (χ0n) is 11.0. The predicted octanol–water partition coefficient (Wildman–Crippen LogP) is 4.67. The molecule has 0 bridgehead atoms. The minimum atomic E-state index is -2.84. The van der Waals surface area contributed by atoms with Gasteiger partial charge in [0.1, 0.15) is 0 Å². The Hall–Kier alpha value is -0.506. The molecule has 0 aliphatic heterocycles. The Morgan fingerprint density at radius 2 is 1.09 bits per heavy atom. The third-order valence-corrected chi connectivity index (χ3v) is 8.68. The molecule has 0 amide bonds. The van der Waals surface area contributed by atoms with Crippen molar-refractivity contribution < 1.29 is 17.4 Å². The van der Waals surface area contributed by atoms with Gasteiger partial charge in [-0.05, 0) is 13.1 Å². The smallest absolute Gasteiger partial charge is 0.398 e. The normalized spacial score (nSPS) is 9.86. The second-order valence-corrected chi connectivity index (χ2v) is 10.6. The molecule has 0 radical (unpaired) electrons. The van der Waals surface area contributed by atoms with Crippen molar-refractivity contribution in [2.45, 2.75) is 50.2 Å². The Morgan fingerprint density at radius 3 is 1.41 bits per heavy atom. The van der Waals surface area contributed by atoms with Gasteiger partial charge in [-0.3, -0.25) is 0 Å². The van der Waals surface area contributed by atoms with Crippen molar-refractivity contribution in [1.29, 1.82) is 0 Å². The molecule has 22 heavy (non-hydrogen) atoms. The number of benzene rings is 1. The molecule has 0 aliphatic rings. The maximum absolute atomic E-state index is 6.07. The van der Waals surface area contributed by atoms with Crippen molar-refractivity contribution in [3.63, 3.8) is 0 Å². The Balaban J connectivity index is -0.000000193. The quantitative estimate of drug-likeness (QED) is 0.697. The molecule has 0 saturated carbocycles. The summed E-state index contributed by atoms with van der Waals surface area (Å²) in [5.41, 5.74) is 0. The van der Waals surface area contributed by atoms with Crippen LogP contribution in [0.2, 0.25) is 13.1 Å². The molecular formula is C16H40O4Si2. The van der Waals surface area contributed by atoms with Gasteiger partial charge in [0.2, 0.25) is 0 Å². The molecule has 0 aliphatic carbocycles. The standard InChI is InChI=1S/C11H20O4Si2.5CH4/c1-12-16(4,5)15-17(13-2,14-3)11-9-7-6-8-10-11;;;;;/h6-10H,1-5H3;5*1H4. The first-order chi connectivity index (χ1) is 7.99. The van der Waals surface area contributed by atoms with Crippen LogP contribution in [0.1, 0.15) is 37.1 Å². The van der Waals surface area contributed by atoms with Crippen LogP contribution in [0.25, 0.3) is 0 Å². The van der Waals surface area contributed by atoms with E-state index in [1.165, 1.54) is 0 Å². The van der Waals surface area contributed by atoms with Gasteiger partial charge in [-0.15, -0.1) is 0 Å². The average molecular weight is 353 g/mol. The number of rotatable bonds is 6. The highest BCUT2D eigenvalue weighted by atomic mass is 28.5. The average Bonchev–Trinajstić information content (AvgIpc) is 2.37. The maximum Gasteiger partial charge on any atom is 0.527 e. The van der Waals surface area contributed by atoms with Crippen molar-refractivity contribution in [2.24, 2.45) is 0 Å². The lowest BCUT2D eigenvalue weighted by atomic mass is 10.4. The second-order valence-electron chi connectivity index (χ2n) is 4.04. The summed E-state index contributed by atoms with van der Waals surface area (Å²) >= 11 is 0. The second kappa shape index (κ2) is 14.1. The highest BCUT2D eigenvalue weighted by Crippen LogP contribution is 2.16. The minimum Gasteiger partial charge on any atom is -0.398 e. The minimum absolute atomic E-state index is 0. The maximum atomic E-state index is 6.07. The summed E-state index contributed by atoms with van der Waals surface area (Å²) < 4.78 is 22.6. The van der Waals surface area contributed by atoms with Crippen LogP contribution >= 0.6 is 0 Å². The lowest BCUT2D eigenvalue weighted by molar-refractivity contribution is 0.153. The van der Waals surface area contributed by atoms with E-state index in [-0.39, 0.29) is 37.1 Å². The Morgan fingerprint density at radius 1 is 0.682 bits per heavy atom. The van der Waals surface area contributed by atoms with E-state index < -0.39 is 17.4 Å². The molecule has 1 aromatic carbocycles. The number of hydrogen-bond acceptors (Lipinski definition) is 4. The summed E-state index contributed by atoms with van der Waals surface area (Å²) in [5.74, 6) is 0. The third kappa shape index (κ3) is 8.21. The Bertz CT molecular complexity index is 341. The molecule has 136 valence electrons. The molecular weight excluding hydrogens is 312 g/mol. The zero-order valence-corrected chi connectivity index (χ0v) is 13.0. The van der Waals surface area contributed by atoms with Crippen molar-refractivity contribution in [1.82, 2.24) is 0 Å². The van der Waals surface area contributed by atoms with E-state index in [1.54, 1.807) is 21.3 Å². The topological polar surface area (TPSA) is 36.9 Å². The molecule has 4 nitrogen and oxygen atoms in total. The van der Waals surface area contributed by atoms with Crippen LogP contribution in [0.3, 0.4) is 0 Å². The molecule has 0 spiro atoms. The van der Waals surface area contributed by atoms with Crippen molar-refractivity contribution in [3.8, 4) is 0 Å². The molecule has 0 atom stereocenters. The van der Waals surface area contributed by atoms with Gasteiger partial charge in [-0.25, -0.2) is 0 Å². The van der Waals surface area contributed by atoms with Crippen LogP contribution in [-0.2, 0) is 17.4 Å². The first-order valence-corrected chi connectivity index (χ1v) is 9.95. The van der Waals surface area contributed by atoms with Crippen molar-refractivity contribution in [3.05, 3.63) is 30.3 Å². The first kappa shape index (κ1) is 33.2. The van der Waals surface area contributed by atoms with Crippen LogP contribution in [0, 0.1) is 0 Å². The van der Waals surface area contributed by atoms with E-state index in [4.69, 9.17) is 17.4 Å². The fourth-order valence-corrected chi connectivity index (χ4v) is 6.77. The van der Waals surface area contributed by atoms with Crippen LogP contribution in [0.15, 0.2) is 30.3 Å². The fraction of sp³-hybridized carbons (Fsp3) is 0.625. The monoisotopic (exact) mass is 352 g/mol. The van der Waals surface area contributed by atoms with Crippen molar-refractivity contribution in [2.75, 3.05) is 21.3 Å². The zero-order chi connectivity index (χ0) is 12.9. The molecule has 0 saturated heterocycles. The molecule has 0 aromatic heterocycles. The summed E-state index contributed by atoms with van der Waals surface area (Å²) in [5, 5.41) is 0.947. The lowest BCUT2D eigenvalue weighted by Crippen LogP contribution is -2.61. The Labute approximate surface area is 142 Å². The van der Waals surface area contributed by atoms with Crippen LogP contribution in [0.5, 0.6) is 0 Å². The van der Waals surface area contributed by atoms with Gasteiger partial charge in [0.25, 0.3) is 0 Å². The molecule has 0 N–H and O–H groups in total. The van der Waals surface area contributed by atoms with E-state index in [2.05, 4.69) is 0 Å². The summed E-state index contributed by atoms with van der Waals surface area (Å²) in [6.45, 7) is 3.94. The number of hydrogen-bond donors (Lipinski definition) is 0. The SMILES string of the molecule is C.C.C.C.C.CO[Si](C)(C)O[Si](OC)(OC)c1ccccc1. The van der Waals surface area contributed by atoms with Crippen LogP contribution < -0.4 is 5.19 Å². The van der Waals surface area contributed by atoms with Gasteiger partial charge < -0.3 is 17.4 Å². The van der Waals surface area contributed by atoms with E-state index in [0.717, 1.165) is 5.19 Å². The first-order valence-electron chi connectivity index (χ1n) is 5.41. The summed E-state index contributed by atoms with van der Waals surface area (Å²) in [6, 6.07) is 9.76. The molecule has 0 unspecified atom stereocenters. The molecule has 0 fully saturated rings. The summed E-state index contributed by atoms with van der Waals surface area (Å²) in [7, 11) is -0.183. The van der Waals surface area contributed by atoms with E-state index >= 15 is 0 Å². The summed E-state index contributed by atoms with van der Waals surface area (Å²) in [4.78, 5) is 0. The predicted molar refractivity (Wildman–Crippen MR) is 105 cm³/mol. The largest absolute Gasteiger partial charge is 0.527 e. The van der Waals surface area contributed by atoms with Gasteiger partial charge in [0.15, 0.2) is 0 Å². The Kier molecular flexibility index (Phi) is 21.3. The highest BCUT2D eigenvalue weighted by molar-refractivity contribution is 6.84. The molecule has 1 aromatic rings. The van der Waals surface area contributed by atoms with Crippen molar-refractivity contribution >= 4 is 22.6 Å². The highest BCUT2D eigenvalue weighted by Gasteiger charge is 2.47. The van der Waals surface area contributed by atoms with Gasteiger partial charge >= 0.3 is 17.4 Å². The third-order valence-electron chi connectivity index (χ3n) is 2.54. The van der Waals surface area contributed by atoms with Gasteiger partial charge in [0.05, 0.1) is 0 Å². The van der Waals surface area contributed by atoms with Crippen LogP contribution in [0.4, 0.5) is 0 Å². The lowest BCUT2D eigenvalue weighted by Gasteiger charge is -2.33. The van der Waals surface area contributed by atoms with E-state index in [0.29, 0.717) is 0 Å². The fourth-order valence-electron chi connectivity index (χ4n) is 1.47. The summed E-state index contributed by atoms with van der Waals surface area (Å²) in [6.07, 6.45) is 0. The molecule has 0 heterocycles. The van der Waals surface area contributed by atoms with Gasteiger partial charge in [-0.1, -0.05) is 67.5 Å².